The Hall–Kier alpha value is -0.820. The number of rotatable bonds is 3. The van der Waals surface area contributed by atoms with E-state index in [1.165, 1.54) is 11.1 Å². The van der Waals surface area contributed by atoms with E-state index >= 15 is 0 Å². The summed E-state index contributed by atoms with van der Waals surface area (Å²) in [4.78, 5) is 0. The highest BCUT2D eigenvalue weighted by atomic mass is 14.6. The largest absolute Gasteiger partial charge is 0.324 e. The summed E-state index contributed by atoms with van der Waals surface area (Å²) in [5.74, 6) is 0.616. The molecule has 0 bridgehead atoms. The molecule has 0 saturated heterocycles. The van der Waals surface area contributed by atoms with Crippen molar-refractivity contribution in [1.82, 2.24) is 0 Å². The van der Waals surface area contributed by atoms with E-state index in [2.05, 4.69) is 72.7 Å². The van der Waals surface area contributed by atoms with Gasteiger partial charge in [-0.2, -0.15) is 0 Å². The first-order valence-corrected chi connectivity index (χ1v) is 7.38. The highest BCUT2D eigenvalue weighted by molar-refractivity contribution is 5.29. The summed E-state index contributed by atoms with van der Waals surface area (Å²) in [5, 5.41) is 0. The Kier molecular flexibility index (Phi) is 4.84. The van der Waals surface area contributed by atoms with Gasteiger partial charge >= 0.3 is 0 Å². The maximum absolute atomic E-state index is 6.35. The molecule has 0 aliphatic carbocycles. The molecular weight excluding hydrogens is 230 g/mol. The van der Waals surface area contributed by atoms with Gasteiger partial charge in [0.15, 0.2) is 0 Å². The van der Waals surface area contributed by atoms with Crippen LogP contribution in [0.3, 0.4) is 0 Å². The van der Waals surface area contributed by atoms with Crippen LogP contribution in [0.1, 0.15) is 72.1 Å². The van der Waals surface area contributed by atoms with Crippen molar-refractivity contribution < 1.29 is 0 Å². The standard InChI is InChI=1S/C18H31N/c1-13(17(2,3)4)12-16(19)14-8-10-15(11-9-14)18(5,6)7/h8-11,13,16H,12,19H2,1-7H3. The first-order valence-electron chi connectivity index (χ1n) is 7.38. The summed E-state index contributed by atoms with van der Waals surface area (Å²) in [5.41, 5.74) is 9.51. The van der Waals surface area contributed by atoms with Gasteiger partial charge in [0.1, 0.15) is 0 Å². The Morgan fingerprint density at radius 3 is 1.79 bits per heavy atom. The van der Waals surface area contributed by atoms with E-state index in [1.54, 1.807) is 0 Å². The molecule has 1 heteroatoms. The summed E-state index contributed by atoms with van der Waals surface area (Å²) < 4.78 is 0. The van der Waals surface area contributed by atoms with Crippen LogP contribution < -0.4 is 5.73 Å². The van der Waals surface area contributed by atoms with Crippen LogP contribution in [0.25, 0.3) is 0 Å². The molecule has 0 amide bonds. The third-order valence-corrected chi connectivity index (χ3v) is 4.29. The highest BCUT2D eigenvalue weighted by Crippen LogP contribution is 2.32. The summed E-state index contributed by atoms with van der Waals surface area (Å²) in [6.07, 6.45) is 1.04. The molecule has 0 aromatic heterocycles. The zero-order valence-corrected chi connectivity index (χ0v) is 13.7. The molecule has 108 valence electrons. The van der Waals surface area contributed by atoms with Crippen molar-refractivity contribution in [2.24, 2.45) is 17.1 Å². The lowest BCUT2D eigenvalue weighted by Gasteiger charge is -2.30. The van der Waals surface area contributed by atoms with Gasteiger partial charge < -0.3 is 5.73 Å². The van der Waals surface area contributed by atoms with Crippen LogP contribution in [0.4, 0.5) is 0 Å². The maximum atomic E-state index is 6.35. The normalized spacial score (nSPS) is 16.2. The molecule has 0 aliphatic heterocycles. The third kappa shape index (κ3) is 4.65. The first-order chi connectivity index (χ1) is 8.51. The average Bonchev–Trinajstić information content (AvgIpc) is 2.26. The van der Waals surface area contributed by atoms with Crippen molar-refractivity contribution in [3.05, 3.63) is 35.4 Å². The Labute approximate surface area is 119 Å². The van der Waals surface area contributed by atoms with E-state index in [0.717, 1.165) is 6.42 Å². The van der Waals surface area contributed by atoms with E-state index in [4.69, 9.17) is 5.73 Å². The molecule has 1 aromatic rings. The molecule has 0 aliphatic rings. The molecule has 0 fully saturated rings. The Balaban J connectivity index is 2.76. The van der Waals surface area contributed by atoms with Crippen LogP contribution in [0.15, 0.2) is 24.3 Å². The van der Waals surface area contributed by atoms with E-state index in [1.807, 2.05) is 0 Å². The van der Waals surface area contributed by atoms with Crippen molar-refractivity contribution >= 4 is 0 Å². The van der Waals surface area contributed by atoms with Gasteiger partial charge in [0, 0.05) is 6.04 Å². The monoisotopic (exact) mass is 261 g/mol. The second-order valence-corrected chi connectivity index (χ2v) is 7.98. The van der Waals surface area contributed by atoms with Crippen LogP contribution >= 0.6 is 0 Å². The van der Waals surface area contributed by atoms with E-state index in [9.17, 15) is 0 Å². The van der Waals surface area contributed by atoms with Crippen molar-refractivity contribution in [3.8, 4) is 0 Å². The highest BCUT2D eigenvalue weighted by Gasteiger charge is 2.23. The van der Waals surface area contributed by atoms with Gasteiger partial charge in [-0.3, -0.25) is 0 Å². The molecule has 2 atom stereocenters. The Morgan fingerprint density at radius 2 is 1.42 bits per heavy atom. The zero-order valence-electron chi connectivity index (χ0n) is 13.7. The molecule has 1 rings (SSSR count). The molecule has 2 N–H and O–H groups in total. The van der Waals surface area contributed by atoms with Gasteiger partial charge in [0.2, 0.25) is 0 Å². The van der Waals surface area contributed by atoms with Gasteiger partial charge in [-0.25, -0.2) is 0 Å². The SMILES string of the molecule is CC(CC(N)c1ccc(C(C)(C)C)cc1)C(C)(C)C. The zero-order chi connectivity index (χ0) is 14.8. The van der Waals surface area contributed by atoms with Crippen LogP contribution in [0.5, 0.6) is 0 Å². The first kappa shape index (κ1) is 16.2. The third-order valence-electron chi connectivity index (χ3n) is 4.29. The van der Waals surface area contributed by atoms with E-state index < -0.39 is 0 Å². The number of nitrogens with two attached hydrogens (primary N) is 1. The Bertz CT molecular complexity index is 389. The smallest absolute Gasteiger partial charge is 0.0297 e. The second-order valence-electron chi connectivity index (χ2n) is 7.98. The van der Waals surface area contributed by atoms with E-state index in [0.29, 0.717) is 11.3 Å². The van der Waals surface area contributed by atoms with Gasteiger partial charge in [0.25, 0.3) is 0 Å². The molecule has 0 spiro atoms. The topological polar surface area (TPSA) is 26.0 Å². The van der Waals surface area contributed by atoms with Crippen molar-refractivity contribution in [3.63, 3.8) is 0 Å². The van der Waals surface area contributed by atoms with Gasteiger partial charge in [-0.05, 0) is 34.3 Å². The second kappa shape index (κ2) is 5.66. The average molecular weight is 261 g/mol. The van der Waals surface area contributed by atoms with Crippen molar-refractivity contribution in [2.45, 2.75) is 66.3 Å². The summed E-state index contributed by atoms with van der Waals surface area (Å²) >= 11 is 0. The molecule has 0 saturated carbocycles. The molecular formula is C18H31N. The minimum absolute atomic E-state index is 0.142. The predicted octanol–water partition coefficient (Wildman–Crippen LogP) is 5.06. The fraction of sp³-hybridized carbons (Fsp3) is 0.667. The molecule has 1 aromatic carbocycles. The molecule has 1 nitrogen and oxygen atoms in total. The number of hydrogen-bond acceptors (Lipinski definition) is 1. The molecule has 2 unspecified atom stereocenters. The maximum Gasteiger partial charge on any atom is 0.0297 e. The predicted molar refractivity (Wildman–Crippen MR) is 85.3 cm³/mol. The summed E-state index contributed by atoms with van der Waals surface area (Å²) in [7, 11) is 0. The van der Waals surface area contributed by atoms with Crippen LogP contribution in [-0.2, 0) is 5.41 Å². The van der Waals surface area contributed by atoms with Crippen LogP contribution in [-0.4, -0.2) is 0 Å². The molecule has 19 heavy (non-hydrogen) atoms. The lowest BCUT2D eigenvalue weighted by Crippen LogP contribution is -2.23. The van der Waals surface area contributed by atoms with Gasteiger partial charge in [-0.15, -0.1) is 0 Å². The number of hydrogen-bond donors (Lipinski definition) is 1. The quantitative estimate of drug-likeness (QED) is 0.809. The minimum atomic E-state index is 0.142. The van der Waals surface area contributed by atoms with E-state index in [-0.39, 0.29) is 11.5 Å². The molecule has 0 heterocycles. The van der Waals surface area contributed by atoms with Crippen LogP contribution in [0.2, 0.25) is 0 Å². The minimum Gasteiger partial charge on any atom is -0.324 e. The lowest BCUT2D eigenvalue weighted by atomic mass is 9.77. The fourth-order valence-electron chi connectivity index (χ4n) is 2.10. The van der Waals surface area contributed by atoms with Gasteiger partial charge in [-0.1, -0.05) is 72.7 Å². The Morgan fingerprint density at radius 1 is 0.947 bits per heavy atom. The lowest BCUT2D eigenvalue weighted by molar-refractivity contribution is 0.234. The summed E-state index contributed by atoms with van der Waals surface area (Å²) in [6, 6.07) is 8.97. The number of benzene rings is 1. The fourth-order valence-corrected chi connectivity index (χ4v) is 2.10. The van der Waals surface area contributed by atoms with Crippen molar-refractivity contribution in [1.29, 1.82) is 0 Å². The van der Waals surface area contributed by atoms with Crippen molar-refractivity contribution in [2.75, 3.05) is 0 Å². The molecule has 0 radical (unpaired) electrons. The summed E-state index contributed by atoms with van der Waals surface area (Å²) in [6.45, 7) is 15.9. The van der Waals surface area contributed by atoms with Gasteiger partial charge in [0.05, 0.1) is 0 Å². The van der Waals surface area contributed by atoms with Crippen LogP contribution in [0, 0.1) is 11.3 Å².